The highest BCUT2D eigenvalue weighted by atomic mass is 35.5. The van der Waals surface area contributed by atoms with Gasteiger partial charge in [-0.05, 0) is 18.2 Å². The predicted molar refractivity (Wildman–Crippen MR) is 60.5 cm³/mol. The highest BCUT2D eigenvalue weighted by Crippen LogP contribution is 2.32. The number of nitrogens with zero attached hydrogens (tertiary/aromatic N) is 1. The van der Waals surface area contributed by atoms with Crippen LogP contribution in [0.15, 0.2) is 28.8 Å². The molecule has 2 aromatic rings. The lowest BCUT2D eigenvalue weighted by Crippen LogP contribution is -1.94. The second-order valence-electron chi connectivity index (χ2n) is 3.18. The molecular formula is C11H8ClNO4. The first-order valence-electron chi connectivity index (χ1n) is 4.65. The third kappa shape index (κ3) is 2.24. The summed E-state index contributed by atoms with van der Waals surface area (Å²) >= 11 is 5.86. The first-order chi connectivity index (χ1) is 8.11. The zero-order valence-corrected chi connectivity index (χ0v) is 9.56. The molecule has 5 nitrogen and oxygen atoms in total. The Morgan fingerprint density at radius 1 is 1.53 bits per heavy atom. The molecule has 0 fully saturated rings. The normalized spacial score (nSPS) is 10.2. The van der Waals surface area contributed by atoms with Crippen molar-refractivity contribution in [3.05, 3.63) is 35.3 Å². The van der Waals surface area contributed by atoms with Crippen molar-refractivity contribution in [1.82, 2.24) is 4.98 Å². The lowest BCUT2D eigenvalue weighted by Gasteiger charge is -2.05. The smallest absolute Gasteiger partial charge is 0.392 e. The number of hydrogen-bond acceptors (Lipinski definition) is 4. The van der Waals surface area contributed by atoms with Crippen LogP contribution in [0.1, 0.15) is 10.7 Å². The average Bonchev–Trinajstić information content (AvgIpc) is 2.78. The van der Waals surface area contributed by atoms with Crippen LogP contribution in [0.25, 0.3) is 11.3 Å². The average molecular weight is 254 g/mol. The first-order valence-corrected chi connectivity index (χ1v) is 5.02. The number of methoxy groups -OCH3 is 1. The molecule has 88 valence electrons. The van der Waals surface area contributed by atoms with Crippen molar-refractivity contribution in [2.24, 2.45) is 0 Å². The number of carboxylic acid groups (broad SMARTS) is 1. The van der Waals surface area contributed by atoms with Crippen molar-refractivity contribution in [2.75, 3.05) is 7.11 Å². The van der Waals surface area contributed by atoms with Gasteiger partial charge in [0.25, 0.3) is 0 Å². The van der Waals surface area contributed by atoms with E-state index in [4.69, 9.17) is 25.9 Å². The zero-order valence-electron chi connectivity index (χ0n) is 8.81. The number of halogens is 1. The Kier molecular flexibility index (Phi) is 3.01. The number of benzene rings is 1. The molecule has 1 N–H and O–H groups in total. The van der Waals surface area contributed by atoms with Crippen molar-refractivity contribution in [3.8, 4) is 17.1 Å². The summed E-state index contributed by atoms with van der Waals surface area (Å²) in [4.78, 5) is 14.3. The number of hydrogen-bond donors (Lipinski definition) is 1. The first kappa shape index (κ1) is 11.5. The van der Waals surface area contributed by atoms with Gasteiger partial charge in [0.15, 0.2) is 5.76 Å². The minimum absolute atomic E-state index is 0.293. The van der Waals surface area contributed by atoms with Crippen molar-refractivity contribution >= 4 is 17.6 Å². The minimum atomic E-state index is -1.22. The number of ether oxygens (including phenoxy) is 1. The zero-order chi connectivity index (χ0) is 12.4. The fourth-order valence-corrected chi connectivity index (χ4v) is 1.54. The Morgan fingerprint density at radius 3 is 2.88 bits per heavy atom. The molecule has 17 heavy (non-hydrogen) atoms. The van der Waals surface area contributed by atoms with Crippen molar-refractivity contribution in [2.45, 2.75) is 0 Å². The molecule has 1 aromatic carbocycles. The molecule has 0 radical (unpaired) electrons. The number of oxazole rings is 1. The van der Waals surface area contributed by atoms with E-state index in [0.29, 0.717) is 22.1 Å². The summed E-state index contributed by atoms with van der Waals surface area (Å²) in [5.41, 5.74) is 0.556. The molecule has 0 saturated carbocycles. The van der Waals surface area contributed by atoms with E-state index < -0.39 is 5.97 Å². The Bertz CT molecular complexity index is 564. The van der Waals surface area contributed by atoms with E-state index in [2.05, 4.69) is 4.98 Å². The van der Waals surface area contributed by atoms with Gasteiger partial charge in [-0.1, -0.05) is 11.6 Å². The Morgan fingerprint density at radius 2 is 2.29 bits per heavy atom. The van der Waals surface area contributed by atoms with Crippen LogP contribution in [0.5, 0.6) is 5.75 Å². The van der Waals surface area contributed by atoms with Crippen LogP contribution in [0.2, 0.25) is 5.02 Å². The van der Waals surface area contributed by atoms with Crippen LogP contribution < -0.4 is 4.74 Å². The van der Waals surface area contributed by atoms with Gasteiger partial charge in [-0.3, -0.25) is 0 Å². The highest BCUT2D eigenvalue weighted by Gasteiger charge is 2.15. The maximum atomic E-state index is 10.7. The SMILES string of the molecule is COc1ccc(Cl)cc1-c1cnc(C(=O)O)o1. The number of rotatable bonds is 3. The molecule has 0 amide bonds. The van der Waals surface area contributed by atoms with E-state index in [9.17, 15) is 4.79 Å². The molecule has 1 heterocycles. The molecule has 0 aliphatic heterocycles. The molecule has 0 saturated heterocycles. The lowest BCUT2D eigenvalue weighted by atomic mass is 10.1. The van der Waals surface area contributed by atoms with E-state index in [-0.39, 0.29) is 5.89 Å². The van der Waals surface area contributed by atoms with Crippen molar-refractivity contribution in [1.29, 1.82) is 0 Å². The van der Waals surface area contributed by atoms with Gasteiger partial charge in [0.1, 0.15) is 5.75 Å². The van der Waals surface area contributed by atoms with Gasteiger partial charge in [0.2, 0.25) is 0 Å². The van der Waals surface area contributed by atoms with E-state index in [0.717, 1.165) is 0 Å². The molecule has 2 rings (SSSR count). The second kappa shape index (κ2) is 4.47. The summed E-state index contributed by atoms with van der Waals surface area (Å²) < 4.78 is 10.2. The third-order valence-corrected chi connectivity index (χ3v) is 2.35. The van der Waals surface area contributed by atoms with Gasteiger partial charge in [-0.15, -0.1) is 0 Å². The standard InChI is InChI=1S/C11H8ClNO4/c1-16-8-3-2-6(12)4-7(8)9-5-13-10(17-9)11(14)15/h2-5H,1H3,(H,14,15). The van der Waals surface area contributed by atoms with Crippen LogP contribution in [0.3, 0.4) is 0 Å². The Hall–Kier alpha value is -2.01. The van der Waals surface area contributed by atoms with Crippen LogP contribution in [-0.2, 0) is 0 Å². The number of carbonyl (C=O) groups is 1. The minimum Gasteiger partial charge on any atom is -0.496 e. The summed E-state index contributed by atoms with van der Waals surface area (Å²) in [7, 11) is 1.50. The van der Waals surface area contributed by atoms with Gasteiger partial charge in [0.05, 0.1) is 18.9 Å². The maximum absolute atomic E-state index is 10.7. The largest absolute Gasteiger partial charge is 0.496 e. The molecule has 6 heteroatoms. The topological polar surface area (TPSA) is 72.6 Å². The second-order valence-corrected chi connectivity index (χ2v) is 3.62. The third-order valence-electron chi connectivity index (χ3n) is 2.12. The fourth-order valence-electron chi connectivity index (χ4n) is 1.37. The summed E-state index contributed by atoms with van der Waals surface area (Å²) in [6.07, 6.45) is 1.32. The number of aromatic nitrogens is 1. The summed E-state index contributed by atoms with van der Waals surface area (Å²) in [5, 5.41) is 9.21. The number of carboxylic acids is 1. The predicted octanol–water partition coefficient (Wildman–Crippen LogP) is 2.70. The molecule has 0 aliphatic rings. The van der Waals surface area contributed by atoms with Gasteiger partial charge in [-0.2, -0.15) is 0 Å². The summed E-state index contributed by atoms with van der Waals surface area (Å²) in [6, 6.07) is 4.95. The molecule has 0 aliphatic carbocycles. The van der Waals surface area contributed by atoms with Crippen LogP contribution in [0.4, 0.5) is 0 Å². The van der Waals surface area contributed by atoms with Gasteiger partial charge in [0, 0.05) is 5.02 Å². The van der Waals surface area contributed by atoms with Crippen LogP contribution >= 0.6 is 11.6 Å². The molecule has 0 atom stereocenters. The van der Waals surface area contributed by atoms with Crippen molar-refractivity contribution < 1.29 is 19.1 Å². The lowest BCUT2D eigenvalue weighted by molar-refractivity contribution is 0.0654. The van der Waals surface area contributed by atoms with Crippen LogP contribution in [-0.4, -0.2) is 23.2 Å². The maximum Gasteiger partial charge on any atom is 0.392 e. The molecule has 0 unspecified atom stereocenters. The fraction of sp³-hybridized carbons (Fsp3) is 0.0909. The Labute approximate surface area is 102 Å². The molecule has 0 spiro atoms. The van der Waals surface area contributed by atoms with Crippen LogP contribution in [0, 0.1) is 0 Å². The molecule has 0 bridgehead atoms. The van der Waals surface area contributed by atoms with Gasteiger partial charge in [-0.25, -0.2) is 9.78 Å². The molecule has 1 aromatic heterocycles. The number of aromatic carboxylic acids is 1. The quantitative estimate of drug-likeness (QED) is 0.910. The Balaban J connectivity index is 2.51. The monoisotopic (exact) mass is 253 g/mol. The van der Waals surface area contributed by atoms with E-state index in [1.807, 2.05) is 0 Å². The van der Waals surface area contributed by atoms with E-state index >= 15 is 0 Å². The van der Waals surface area contributed by atoms with Crippen molar-refractivity contribution in [3.63, 3.8) is 0 Å². The van der Waals surface area contributed by atoms with Gasteiger partial charge >= 0.3 is 11.9 Å². The summed E-state index contributed by atoms with van der Waals surface area (Å²) in [6.45, 7) is 0. The van der Waals surface area contributed by atoms with Gasteiger partial charge < -0.3 is 14.3 Å². The van der Waals surface area contributed by atoms with E-state index in [1.165, 1.54) is 13.3 Å². The summed E-state index contributed by atoms with van der Waals surface area (Å²) in [5.74, 6) is -0.775. The molecular weight excluding hydrogens is 246 g/mol. The highest BCUT2D eigenvalue weighted by molar-refractivity contribution is 6.30. The van der Waals surface area contributed by atoms with E-state index in [1.54, 1.807) is 18.2 Å².